The quantitative estimate of drug-likeness (QED) is 0.439. The predicted molar refractivity (Wildman–Crippen MR) is 128 cm³/mol. The van der Waals surface area contributed by atoms with E-state index >= 15 is 0 Å². The molecule has 2 aromatic heterocycles. The van der Waals surface area contributed by atoms with Crippen LogP contribution in [-0.4, -0.2) is 56.2 Å². The summed E-state index contributed by atoms with van der Waals surface area (Å²) in [6.45, 7) is 3.80. The lowest BCUT2D eigenvalue weighted by Gasteiger charge is -2.36. The molecule has 1 fully saturated rings. The van der Waals surface area contributed by atoms with Gasteiger partial charge in [-0.15, -0.1) is 5.10 Å². The lowest BCUT2D eigenvalue weighted by atomic mass is 10.2. The standard InChI is InChI=1S/C24H23FN6O2S/c1-17-5-4-6-18(15-17)34-23-22-27-31(24(33)30(22)10-9-26-23)16-21(32)29-13-11-28(12-14-29)20-8-3-2-7-19(20)25/h2-10,15H,11-14,16H2,1H3. The van der Waals surface area contributed by atoms with Gasteiger partial charge in [0.25, 0.3) is 0 Å². The third-order valence-electron chi connectivity index (χ3n) is 5.78. The van der Waals surface area contributed by atoms with Crippen molar-refractivity contribution in [3.63, 3.8) is 0 Å². The molecule has 3 heterocycles. The van der Waals surface area contributed by atoms with E-state index in [1.807, 2.05) is 36.1 Å². The highest BCUT2D eigenvalue weighted by Crippen LogP contribution is 2.28. The van der Waals surface area contributed by atoms with Crippen molar-refractivity contribution in [2.24, 2.45) is 0 Å². The van der Waals surface area contributed by atoms with Crippen molar-refractivity contribution in [1.82, 2.24) is 24.1 Å². The predicted octanol–water partition coefficient (Wildman–Crippen LogP) is 2.84. The normalized spacial score (nSPS) is 14.1. The van der Waals surface area contributed by atoms with Gasteiger partial charge >= 0.3 is 5.69 Å². The van der Waals surface area contributed by atoms with Crippen molar-refractivity contribution in [2.75, 3.05) is 31.1 Å². The molecular weight excluding hydrogens is 455 g/mol. The molecule has 8 nitrogen and oxygen atoms in total. The molecule has 0 spiro atoms. The van der Waals surface area contributed by atoms with Gasteiger partial charge in [-0.3, -0.25) is 4.79 Å². The van der Waals surface area contributed by atoms with Gasteiger partial charge in [-0.25, -0.2) is 23.3 Å². The zero-order chi connectivity index (χ0) is 23.7. The molecule has 1 amide bonds. The van der Waals surface area contributed by atoms with Gasteiger partial charge in [0.1, 0.15) is 17.4 Å². The topological polar surface area (TPSA) is 75.7 Å². The summed E-state index contributed by atoms with van der Waals surface area (Å²) in [7, 11) is 0. The van der Waals surface area contributed by atoms with Crippen LogP contribution in [-0.2, 0) is 11.3 Å². The Labute approximate surface area is 199 Å². The summed E-state index contributed by atoms with van der Waals surface area (Å²) < 4.78 is 16.7. The van der Waals surface area contributed by atoms with E-state index in [0.717, 1.165) is 10.5 Å². The first-order chi connectivity index (χ1) is 16.5. The molecule has 10 heteroatoms. The van der Waals surface area contributed by atoms with Crippen LogP contribution in [0.4, 0.5) is 10.1 Å². The Kier molecular flexibility index (Phi) is 6.06. The molecule has 174 valence electrons. The van der Waals surface area contributed by atoms with Crippen molar-refractivity contribution in [2.45, 2.75) is 23.4 Å². The molecule has 0 unspecified atom stereocenters. The first-order valence-electron chi connectivity index (χ1n) is 11.0. The average Bonchev–Trinajstić information content (AvgIpc) is 3.16. The van der Waals surface area contributed by atoms with Crippen molar-refractivity contribution in [3.05, 3.63) is 82.8 Å². The number of carbonyl (C=O) groups is 1. The van der Waals surface area contributed by atoms with Crippen molar-refractivity contribution in [3.8, 4) is 0 Å². The molecule has 0 aliphatic carbocycles. The molecule has 1 aliphatic rings. The third kappa shape index (κ3) is 4.41. The monoisotopic (exact) mass is 478 g/mol. The number of fused-ring (bicyclic) bond motifs is 1. The van der Waals surface area contributed by atoms with E-state index in [-0.39, 0.29) is 24.0 Å². The summed E-state index contributed by atoms with van der Waals surface area (Å²) in [4.78, 5) is 34.8. The number of piperazine rings is 1. The highest BCUT2D eigenvalue weighted by molar-refractivity contribution is 7.99. The zero-order valence-corrected chi connectivity index (χ0v) is 19.4. The molecule has 2 aromatic carbocycles. The number of benzene rings is 2. The number of aromatic nitrogens is 4. The first kappa shape index (κ1) is 22.1. The van der Waals surface area contributed by atoms with Crippen LogP contribution in [0.1, 0.15) is 5.56 Å². The van der Waals surface area contributed by atoms with E-state index in [9.17, 15) is 14.0 Å². The number of carbonyl (C=O) groups excluding carboxylic acids is 1. The third-order valence-corrected chi connectivity index (χ3v) is 6.75. The Hall–Kier alpha value is -3.66. The summed E-state index contributed by atoms with van der Waals surface area (Å²) in [6.07, 6.45) is 3.11. The van der Waals surface area contributed by atoms with Crippen molar-refractivity contribution in [1.29, 1.82) is 0 Å². The fraction of sp³-hybridized carbons (Fsp3) is 0.250. The van der Waals surface area contributed by atoms with Crippen LogP contribution in [0.25, 0.3) is 5.65 Å². The van der Waals surface area contributed by atoms with Crippen LogP contribution in [0.15, 0.2) is 75.6 Å². The highest BCUT2D eigenvalue weighted by atomic mass is 32.2. The first-order valence-corrected chi connectivity index (χ1v) is 11.8. The molecule has 1 aliphatic heterocycles. The Morgan fingerprint density at radius 3 is 2.65 bits per heavy atom. The molecule has 0 atom stereocenters. The molecule has 5 rings (SSSR count). The van der Waals surface area contributed by atoms with Gasteiger partial charge < -0.3 is 9.80 Å². The van der Waals surface area contributed by atoms with Gasteiger partial charge in [-0.05, 0) is 31.2 Å². The number of nitrogens with zero attached hydrogens (tertiary/aromatic N) is 6. The van der Waals surface area contributed by atoms with Crippen LogP contribution >= 0.6 is 11.8 Å². The maximum absolute atomic E-state index is 14.1. The van der Waals surface area contributed by atoms with E-state index in [1.54, 1.807) is 35.5 Å². The number of amides is 1. The minimum absolute atomic E-state index is 0.158. The van der Waals surface area contributed by atoms with Crippen LogP contribution in [0.5, 0.6) is 0 Å². The second-order valence-electron chi connectivity index (χ2n) is 8.10. The van der Waals surface area contributed by atoms with Gasteiger partial charge in [-0.2, -0.15) is 0 Å². The van der Waals surface area contributed by atoms with Gasteiger partial charge in [0, 0.05) is 43.5 Å². The molecule has 4 aromatic rings. The van der Waals surface area contributed by atoms with Crippen LogP contribution in [0, 0.1) is 12.7 Å². The molecule has 0 radical (unpaired) electrons. The molecular formula is C24H23FN6O2S. The van der Waals surface area contributed by atoms with E-state index < -0.39 is 0 Å². The van der Waals surface area contributed by atoms with Crippen molar-refractivity contribution < 1.29 is 9.18 Å². The fourth-order valence-electron chi connectivity index (χ4n) is 4.02. The number of rotatable bonds is 5. The number of anilines is 1. The minimum Gasteiger partial charge on any atom is -0.366 e. The summed E-state index contributed by atoms with van der Waals surface area (Å²) in [5.74, 6) is -0.467. The highest BCUT2D eigenvalue weighted by Gasteiger charge is 2.24. The zero-order valence-electron chi connectivity index (χ0n) is 18.6. The van der Waals surface area contributed by atoms with E-state index in [0.29, 0.717) is 42.5 Å². The maximum atomic E-state index is 14.1. The number of aryl methyl sites for hydroxylation is 1. The van der Waals surface area contributed by atoms with Gasteiger partial charge in [0.05, 0.1) is 5.69 Å². The van der Waals surface area contributed by atoms with Gasteiger partial charge in [0.15, 0.2) is 5.65 Å². The lowest BCUT2D eigenvalue weighted by Crippen LogP contribution is -2.50. The van der Waals surface area contributed by atoms with E-state index in [4.69, 9.17) is 0 Å². The number of hydrogen-bond donors (Lipinski definition) is 0. The lowest BCUT2D eigenvalue weighted by molar-refractivity contribution is -0.132. The maximum Gasteiger partial charge on any atom is 0.350 e. The molecule has 0 bridgehead atoms. The Morgan fingerprint density at radius 1 is 1.09 bits per heavy atom. The molecule has 1 saturated heterocycles. The number of hydrogen-bond acceptors (Lipinski definition) is 6. The summed E-state index contributed by atoms with van der Waals surface area (Å²) >= 11 is 1.42. The van der Waals surface area contributed by atoms with Gasteiger partial charge in [0.2, 0.25) is 5.91 Å². The number of para-hydroxylation sites is 1. The largest absolute Gasteiger partial charge is 0.366 e. The average molecular weight is 479 g/mol. The summed E-state index contributed by atoms with van der Waals surface area (Å²) in [5, 5.41) is 5.01. The molecule has 34 heavy (non-hydrogen) atoms. The number of halogens is 1. The minimum atomic E-state index is -0.387. The Morgan fingerprint density at radius 2 is 1.88 bits per heavy atom. The second kappa shape index (κ2) is 9.30. The Bertz CT molecular complexity index is 1410. The van der Waals surface area contributed by atoms with E-state index in [1.165, 1.54) is 26.9 Å². The van der Waals surface area contributed by atoms with Crippen LogP contribution < -0.4 is 10.6 Å². The smallest absolute Gasteiger partial charge is 0.350 e. The van der Waals surface area contributed by atoms with Crippen LogP contribution in [0.2, 0.25) is 0 Å². The fourth-order valence-corrected chi connectivity index (χ4v) is 4.98. The molecule has 0 N–H and O–H groups in total. The SMILES string of the molecule is Cc1cccc(Sc2nccn3c(=O)n(CC(=O)N4CCN(c5ccccc5F)CC4)nc23)c1. The van der Waals surface area contributed by atoms with Crippen molar-refractivity contribution >= 4 is 29.0 Å². The van der Waals surface area contributed by atoms with Gasteiger partial charge in [-0.1, -0.05) is 41.6 Å². The summed E-state index contributed by atoms with van der Waals surface area (Å²) in [5.41, 5.74) is 1.69. The Balaban J connectivity index is 1.30. The molecule has 0 saturated carbocycles. The second-order valence-corrected chi connectivity index (χ2v) is 9.17. The van der Waals surface area contributed by atoms with E-state index in [2.05, 4.69) is 10.1 Å². The summed E-state index contributed by atoms with van der Waals surface area (Å²) in [6, 6.07) is 14.6. The van der Waals surface area contributed by atoms with Crippen LogP contribution in [0.3, 0.4) is 0 Å².